The first-order chi connectivity index (χ1) is 9.42. The molecule has 7 heteroatoms. The Hall–Kier alpha value is -0.820. The minimum absolute atomic E-state index is 0.0216. The van der Waals surface area contributed by atoms with Crippen LogP contribution in [0.25, 0.3) is 0 Å². The van der Waals surface area contributed by atoms with E-state index in [1.807, 2.05) is 13.8 Å². The average molecular weight is 313 g/mol. The van der Waals surface area contributed by atoms with Crippen LogP contribution >= 0.6 is 0 Å². The molecular formula is C14H26F3NO3. The van der Waals surface area contributed by atoms with E-state index in [-0.39, 0.29) is 19.1 Å². The molecule has 0 saturated carbocycles. The number of alkyl halides is 3. The van der Waals surface area contributed by atoms with Crippen LogP contribution in [-0.4, -0.2) is 42.5 Å². The van der Waals surface area contributed by atoms with E-state index >= 15 is 0 Å². The van der Waals surface area contributed by atoms with Gasteiger partial charge in [-0.1, -0.05) is 0 Å². The molecule has 0 aromatic heterocycles. The Morgan fingerprint density at radius 3 is 2.10 bits per heavy atom. The fourth-order valence-corrected chi connectivity index (χ4v) is 2.18. The van der Waals surface area contributed by atoms with Crippen molar-refractivity contribution in [3.05, 3.63) is 0 Å². The molecule has 0 spiro atoms. The van der Waals surface area contributed by atoms with Gasteiger partial charge in [-0.25, -0.2) is 0 Å². The number of carbonyl (C=O) groups excluding carboxylic acids is 1. The minimum Gasteiger partial charge on any atom is -0.465 e. The summed E-state index contributed by atoms with van der Waals surface area (Å²) in [6.07, 6.45) is -6.95. The largest absolute Gasteiger partial charge is 0.465 e. The van der Waals surface area contributed by atoms with Crippen molar-refractivity contribution in [1.29, 1.82) is 0 Å². The number of esters is 1. The Morgan fingerprint density at radius 2 is 1.71 bits per heavy atom. The number of carbonyl (C=O) groups is 1. The Morgan fingerprint density at radius 1 is 1.19 bits per heavy atom. The van der Waals surface area contributed by atoms with E-state index in [0.717, 1.165) is 6.92 Å². The molecule has 0 bridgehead atoms. The maximum Gasteiger partial charge on any atom is 0.414 e. The molecule has 3 unspecified atom stereocenters. The van der Waals surface area contributed by atoms with Gasteiger partial charge in [0.15, 0.2) is 6.10 Å². The molecule has 0 aromatic rings. The molecule has 0 amide bonds. The summed E-state index contributed by atoms with van der Waals surface area (Å²) in [5.74, 6) is -0.492. The highest BCUT2D eigenvalue weighted by Crippen LogP contribution is 2.26. The van der Waals surface area contributed by atoms with Crippen molar-refractivity contribution >= 4 is 5.97 Å². The van der Waals surface area contributed by atoms with Crippen LogP contribution < -0.4 is 5.32 Å². The van der Waals surface area contributed by atoms with Gasteiger partial charge in [-0.2, -0.15) is 13.2 Å². The fraction of sp³-hybridized carbons (Fsp3) is 0.929. The third-order valence-electron chi connectivity index (χ3n) is 2.93. The Kier molecular flexibility index (Phi) is 7.67. The van der Waals surface area contributed by atoms with E-state index < -0.39 is 29.9 Å². The van der Waals surface area contributed by atoms with Crippen LogP contribution in [0.2, 0.25) is 0 Å². The van der Waals surface area contributed by atoms with Gasteiger partial charge in [0.1, 0.15) is 5.54 Å². The SMILES string of the molecule is CCOC(=O)C(C)(CC(C)OC(C)C(F)(F)F)NC(C)C. The van der Waals surface area contributed by atoms with Gasteiger partial charge >= 0.3 is 12.1 Å². The van der Waals surface area contributed by atoms with Gasteiger partial charge in [0.05, 0.1) is 12.7 Å². The number of ether oxygens (including phenoxy) is 2. The zero-order chi connectivity index (χ0) is 16.8. The summed E-state index contributed by atoms with van der Waals surface area (Å²) in [5.41, 5.74) is -1.09. The van der Waals surface area contributed by atoms with Crippen molar-refractivity contribution in [2.24, 2.45) is 0 Å². The second-order valence-corrected chi connectivity index (χ2v) is 5.69. The third-order valence-corrected chi connectivity index (χ3v) is 2.93. The van der Waals surface area contributed by atoms with Crippen molar-refractivity contribution in [2.75, 3.05) is 6.61 Å². The van der Waals surface area contributed by atoms with E-state index in [1.54, 1.807) is 13.8 Å². The van der Waals surface area contributed by atoms with Gasteiger partial charge in [0.25, 0.3) is 0 Å². The summed E-state index contributed by atoms with van der Waals surface area (Å²) >= 11 is 0. The molecule has 0 aliphatic rings. The first kappa shape index (κ1) is 20.2. The monoisotopic (exact) mass is 313 g/mol. The lowest BCUT2D eigenvalue weighted by Crippen LogP contribution is -2.55. The molecule has 3 atom stereocenters. The number of halogens is 3. The lowest BCUT2D eigenvalue weighted by molar-refractivity contribution is -0.227. The molecule has 0 aromatic carbocycles. The highest BCUT2D eigenvalue weighted by Gasteiger charge is 2.41. The maximum absolute atomic E-state index is 12.5. The summed E-state index contributed by atoms with van der Waals surface area (Å²) in [5, 5.41) is 3.05. The molecule has 0 saturated heterocycles. The van der Waals surface area contributed by atoms with Crippen LogP contribution in [0.5, 0.6) is 0 Å². The Balaban J connectivity index is 4.85. The predicted molar refractivity (Wildman–Crippen MR) is 74.0 cm³/mol. The molecule has 0 aliphatic carbocycles. The smallest absolute Gasteiger partial charge is 0.414 e. The highest BCUT2D eigenvalue weighted by atomic mass is 19.4. The summed E-state index contributed by atoms with van der Waals surface area (Å²) in [7, 11) is 0. The average Bonchev–Trinajstić information content (AvgIpc) is 2.26. The second-order valence-electron chi connectivity index (χ2n) is 5.69. The number of rotatable bonds is 8. The van der Waals surface area contributed by atoms with Gasteiger partial charge in [-0.15, -0.1) is 0 Å². The molecule has 1 N–H and O–H groups in total. The zero-order valence-electron chi connectivity index (χ0n) is 13.5. The summed E-state index contributed by atoms with van der Waals surface area (Å²) in [6.45, 7) is 9.67. The topological polar surface area (TPSA) is 47.6 Å². The van der Waals surface area contributed by atoms with Crippen molar-refractivity contribution in [3.8, 4) is 0 Å². The van der Waals surface area contributed by atoms with Crippen LogP contribution in [0.1, 0.15) is 48.0 Å². The molecule has 126 valence electrons. The van der Waals surface area contributed by atoms with Gasteiger partial charge in [-0.05, 0) is 41.5 Å². The van der Waals surface area contributed by atoms with Crippen LogP contribution in [0.15, 0.2) is 0 Å². The van der Waals surface area contributed by atoms with Crippen LogP contribution in [0, 0.1) is 0 Å². The lowest BCUT2D eigenvalue weighted by atomic mass is 9.93. The van der Waals surface area contributed by atoms with Crippen molar-refractivity contribution in [2.45, 2.75) is 77.9 Å². The van der Waals surface area contributed by atoms with Crippen molar-refractivity contribution < 1.29 is 27.4 Å². The van der Waals surface area contributed by atoms with Gasteiger partial charge < -0.3 is 9.47 Å². The first-order valence-electron chi connectivity index (χ1n) is 7.09. The summed E-state index contributed by atoms with van der Waals surface area (Å²) in [6, 6.07) is -0.0216. The molecule has 0 aliphatic heterocycles. The fourth-order valence-electron chi connectivity index (χ4n) is 2.18. The summed E-state index contributed by atoms with van der Waals surface area (Å²) in [4.78, 5) is 12.1. The summed E-state index contributed by atoms with van der Waals surface area (Å²) < 4.78 is 47.4. The quantitative estimate of drug-likeness (QED) is 0.700. The molecule has 4 nitrogen and oxygen atoms in total. The molecule has 0 rings (SSSR count). The second kappa shape index (κ2) is 7.98. The van der Waals surface area contributed by atoms with Crippen LogP contribution in [0.3, 0.4) is 0 Å². The normalized spacial score (nSPS) is 18.2. The highest BCUT2D eigenvalue weighted by molar-refractivity contribution is 5.80. The van der Waals surface area contributed by atoms with E-state index in [4.69, 9.17) is 9.47 Å². The number of hydrogen-bond donors (Lipinski definition) is 1. The lowest BCUT2D eigenvalue weighted by Gasteiger charge is -2.33. The van der Waals surface area contributed by atoms with E-state index in [1.165, 1.54) is 6.92 Å². The molecular weight excluding hydrogens is 287 g/mol. The minimum atomic E-state index is -4.42. The Labute approximate surface area is 124 Å². The zero-order valence-corrected chi connectivity index (χ0v) is 13.5. The van der Waals surface area contributed by atoms with E-state index in [0.29, 0.717) is 0 Å². The van der Waals surface area contributed by atoms with Crippen LogP contribution in [-0.2, 0) is 14.3 Å². The van der Waals surface area contributed by atoms with Crippen molar-refractivity contribution in [3.63, 3.8) is 0 Å². The maximum atomic E-state index is 12.5. The number of nitrogens with one attached hydrogen (secondary N) is 1. The van der Waals surface area contributed by atoms with Gasteiger partial charge in [0.2, 0.25) is 0 Å². The molecule has 0 fully saturated rings. The van der Waals surface area contributed by atoms with Gasteiger partial charge in [0, 0.05) is 12.5 Å². The predicted octanol–water partition coefficient (Wildman–Crippen LogP) is 3.05. The van der Waals surface area contributed by atoms with E-state index in [9.17, 15) is 18.0 Å². The standard InChI is InChI=1S/C14H26F3NO3/c1-7-20-12(19)13(6,18-9(2)3)8-10(4)21-11(5)14(15,16)17/h9-11,18H,7-8H2,1-6H3. The van der Waals surface area contributed by atoms with Crippen LogP contribution in [0.4, 0.5) is 13.2 Å². The third kappa shape index (κ3) is 7.13. The first-order valence-corrected chi connectivity index (χ1v) is 7.09. The van der Waals surface area contributed by atoms with Crippen molar-refractivity contribution in [1.82, 2.24) is 5.32 Å². The van der Waals surface area contributed by atoms with E-state index in [2.05, 4.69) is 5.32 Å². The molecule has 21 heavy (non-hydrogen) atoms. The molecule has 0 heterocycles. The Bertz CT molecular complexity index is 334. The molecule has 0 radical (unpaired) electrons. The number of hydrogen-bond acceptors (Lipinski definition) is 4. The van der Waals surface area contributed by atoms with Gasteiger partial charge in [-0.3, -0.25) is 10.1 Å².